The molecule has 3 rings (SSSR count). The Kier molecular flexibility index (Phi) is 8.42. The fourth-order valence-electron chi connectivity index (χ4n) is 5.26. The minimum atomic E-state index is 0.301. The Morgan fingerprint density at radius 2 is 1.68 bits per heavy atom. The van der Waals surface area contributed by atoms with Crippen LogP contribution < -0.4 is 10.6 Å². The first kappa shape index (κ1) is 21.8. The highest BCUT2D eigenvalue weighted by Gasteiger charge is 2.39. The van der Waals surface area contributed by atoms with E-state index in [0.717, 1.165) is 12.5 Å². The molecule has 0 spiro atoms. The van der Waals surface area contributed by atoms with Crippen molar-refractivity contribution in [2.75, 3.05) is 66.5 Å². The summed E-state index contributed by atoms with van der Waals surface area (Å²) in [6.45, 7) is 11.9. The van der Waals surface area contributed by atoms with Crippen LogP contribution in [0.5, 0.6) is 0 Å². The van der Waals surface area contributed by atoms with Gasteiger partial charge in [0.15, 0.2) is 5.96 Å². The lowest BCUT2D eigenvalue weighted by Gasteiger charge is -2.50. The number of guanidine groups is 1. The molecule has 3 heterocycles. The summed E-state index contributed by atoms with van der Waals surface area (Å²) in [6, 6.07) is 0.558. The van der Waals surface area contributed by atoms with Crippen molar-refractivity contribution in [2.24, 2.45) is 4.99 Å². The van der Waals surface area contributed by atoms with Gasteiger partial charge in [0.05, 0.1) is 0 Å². The predicted molar refractivity (Wildman–Crippen MR) is 119 cm³/mol. The highest BCUT2D eigenvalue weighted by molar-refractivity contribution is 5.80. The Morgan fingerprint density at radius 3 is 2.29 bits per heavy atom. The molecule has 3 aliphatic heterocycles. The van der Waals surface area contributed by atoms with Gasteiger partial charge in [-0.15, -0.1) is 0 Å². The Morgan fingerprint density at radius 1 is 1.00 bits per heavy atom. The molecule has 0 aliphatic carbocycles. The first-order valence-corrected chi connectivity index (χ1v) is 11.8. The van der Waals surface area contributed by atoms with Crippen LogP contribution >= 0.6 is 0 Å². The van der Waals surface area contributed by atoms with Crippen molar-refractivity contribution < 1.29 is 0 Å². The van der Waals surface area contributed by atoms with Gasteiger partial charge in [0.1, 0.15) is 0 Å². The molecule has 162 valence electrons. The number of nitrogens with zero attached hydrogens (tertiary/aromatic N) is 4. The van der Waals surface area contributed by atoms with Crippen molar-refractivity contribution in [1.29, 1.82) is 0 Å². The summed E-state index contributed by atoms with van der Waals surface area (Å²) in [5.74, 6) is 1.00. The summed E-state index contributed by atoms with van der Waals surface area (Å²) in [5.41, 5.74) is 0.301. The van der Waals surface area contributed by atoms with Gasteiger partial charge in [0.25, 0.3) is 0 Å². The summed E-state index contributed by atoms with van der Waals surface area (Å²) >= 11 is 0. The van der Waals surface area contributed by atoms with E-state index in [0.29, 0.717) is 11.6 Å². The quantitative estimate of drug-likeness (QED) is 0.535. The van der Waals surface area contributed by atoms with Gasteiger partial charge >= 0.3 is 0 Å². The molecule has 0 aromatic rings. The predicted octanol–water partition coefficient (Wildman–Crippen LogP) is 1.98. The molecular formula is C22H44N6. The van der Waals surface area contributed by atoms with Gasteiger partial charge in [-0.1, -0.05) is 13.3 Å². The number of nitrogens with one attached hydrogen (secondary N) is 2. The zero-order valence-electron chi connectivity index (χ0n) is 18.7. The van der Waals surface area contributed by atoms with Crippen LogP contribution in [0.2, 0.25) is 0 Å². The van der Waals surface area contributed by atoms with Crippen LogP contribution in [0.1, 0.15) is 58.3 Å². The summed E-state index contributed by atoms with van der Waals surface area (Å²) in [7, 11) is 4.18. The maximum absolute atomic E-state index is 4.56. The molecule has 3 fully saturated rings. The van der Waals surface area contributed by atoms with Crippen molar-refractivity contribution in [3.8, 4) is 0 Å². The maximum Gasteiger partial charge on any atom is 0.191 e. The molecular weight excluding hydrogens is 348 g/mol. The second-order valence-electron chi connectivity index (χ2n) is 9.26. The molecule has 6 nitrogen and oxygen atoms in total. The first-order valence-electron chi connectivity index (χ1n) is 11.8. The van der Waals surface area contributed by atoms with Crippen LogP contribution in [-0.4, -0.2) is 98.7 Å². The Hall–Kier alpha value is -0.850. The number of rotatable bonds is 6. The smallest absolute Gasteiger partial charge is 0.191 e. The summed E-state index contributed by atoms with van der Waals surface area (Å²) in [5, 5.41) is 7.46. The molecule has 0 amide bonds. The molecule has 0 atom stereocenters. The van der Waals surface area contributed by atoms with E-state index in [1.54, 1.807) is 0 Å². The minimum absolute atomic E-state index is 0.301. The van der Waals surface area contributed by atoms with E-state index < -0.39 is 0 Å². The van der Waals surface area contributed by atoms with Crippen molar-refractivity contribution in [2.45, 2.75) is 69.9 Å². The minimum Gasteiger partial charge on any atom is -0.355 e. The molecule has 6 heteroatoms. The molecule has 0 bridgehead atoms. The number of aliphatic imine (C=N–C) groups is 1. The lowest BCUT2D eigenvalue weighted by Crippen LogP contribution is -2.62. The summed E-state index contributed by atoms with van der Waals surface area (Å²) in [4.78, 5) is 12.4. The van der Waals surface area contributed by atoms with Crippen LogP contribution in [0.15, 0.2) is 4.99 Å². The molecule has 2 N–H and O–H groups in total. The number of hydrogen-bond donors (Lipinski definition) is 2. The summed E-state index contributed by atoms with van der Waals surface area (Å²) in [6.07, 6.45) is 10.4. The average Bonchev–Trinajstić information content (AvgIpc) is 2.74. The number of piperidine rings is 3. The molecule has 0 saturated carbocycles. The van der Waals surface area contributed by atoms with E-state index >= 15 is 0 Å². The zero-order valence-corrected chi connectivity index (χ0v) is 18.7. The fraction of sp³-hybridized carbons (Fsp3) is 0.955. The number of hydrogen-bond acceptors (Lipinski definition) is 4. The van der Waals surface area contributed by atoms with Gasteiger partial charge in [-0.25, -0.2) is 0 Å². The third kappa shape index (κ3) is 5.83. The van der Waals surface area contributed by atoms with E-state index in [1.165, 1.54) is 97.2 Å². The molecule has 0 radical (unpaired) electrons. The Balaban J connectivity index is 1.52. The molecule has 3 saturated heterocycles. The molecule has 0 unspecified atom stereocenters. The highest BCUT2D eigenvalue weighted by Crippen LogP contribution is 2.30. The Labute approximate surface area is 173 Å². The number of likely N-dealkylation sites (tertiary alicyclic amines) is 3. The second kappa shape index (κ2) is 10.8. The summed E-state index contributed by atoms with van der Waals surface area (Å²) < 4.78 is 0. The highest BCUT2D eigenvalue weighted by atomic mass is 15.3. The van der Waals surface area contributed by atoms with Crippen LogP contribution in [0.25, 0.3) is 0 Å². The van der Waals surface area contributed by atoms with Gasteiger partial charge in [-0.3, -0.25) is 9.89 Å². The second-order valence-corrected chi connectivity index (χ2v) is 9.26. The van der Waals surface area contributed by atoms with Crippen LogP contribution in [0.3, 0.4) is 0 Å². The van der Waals surface area contributed by atoms with Crippen LogP contribution in [-0.2, 0) is 0 Å². The van der Waals surface area contributed by atoms with Crippen molar-refractivity contribution in [3.05, 3.63) is 0 Å². The van der Waals surface area contributed by atoms with Crippen LogP contribution in [0.4, 0.5) is 0 Å². The molecule has 3 aliphatic rings. The largest absolute Gasteiger partial charge is 0.355 e. The van der Waals surface area contributed by atoms with E-state index in [2.05, 4.69) is 44.3 Å². The first-order chi connectivity index (χ1) is 13.6. The lowest BCUT2D eigenvalue weighted by atomic mass is 9.84. The zero-order chi connectivity index (χ0) is 19.8. The average molecular weight is 393 g/mol. The topological polar surface area (TPSA) is 46.1 Å². The van der Waals surface area contributed by atoms with E-state index in [1.807, 2.05) is 7.05 Å². The van der Waals surface area contributed by atoms with Crippen LogP contribution in [0, 0.1) is 0 Å². The normalized spacial score (nSPS) is 26.3. The van der Waals surface area contributed by atoms with Gasteiger partial charge in [0, 0.05) is 38.3 Å². The monoisotopic (exact) mass is 392 g/mol. The van der Waals surface area contributed by atoms with E-state index in [-0.39, 0.29) is 0 Å². The van der Waals surface area contributed by atoms with E-state index in [4.69, 9.17) is 0 Å². The third-order valence-corrected chi connectivity index (χ3v) is 7.22. The van der Waals surface area contributed by atoms with Gasteiger partial charge in [0.2, 0.25) is 0 Å². The molecule has 28 heavy (non-hydrogen) atoms. The van der Waals surface area contributed by atoms with Gasteiger partial charge < -0.3 is 20.4 Å². The SMILES string of the molecule is CCCN1CCC(NC(=NC)NCC2(N3CCCCC3)CCN(C)CC2)CC1. The van der Waals surface area contributed by atoms with Crippen molar-refractivity contribution >= 4 is 5.96 Å². The van der Waals surface area contributed by atoms with Gasteiger partial charge in [-0.05, 0) is 84.7 Å². The van der Waals surface area contributed by atoms with Gasteiger partial charge in [-0.2, -0.15) is 0 Å². The Bertz CT molecular complexity index is 471. The lowest BCUT2D eigenvalue weighted by molar-refractivity contribution is 0.0172. The fourth-order valence-corrected chi connectivity index (χ4v) is 5.26. The van der Waals surface area contributed by atoms with Crippen molar-refractivity contribution in [1.82, 2.24) is 25.3 Å². The van der Waals surface area contributed by atoms with E-state index in [9.17, 15) is 0 Å². The maximum atomic E-state index is 4.56. The molecule has 0 aromatic heterocycles. The standard InChI is InChI=1S/C22H44N6/c1-4-12-27-15-8-20(9-16-27)25-21(23-2)24-19-22(10-17-26(3)18-11-22)28-13-6-5-7-14-28/h20H,4-19H2,1-3H3,(H2,23,24,25). The van der Waals surface area contributed by atoms with Crippen molar-refractivity contribution in [3.63, 3.8) is 0 Å². The third-order valence-electron chi connectivity index (χ3n) is 7.22. The molecule has 0 aromatic carbocycles.